The standard InChI is InChI=1S/C11H15NO2S.C6H6/c1-8(7-15)11(13)12-9-4-3-5-10(6-9)14-2;1-2-4-6-5-3-1/h3-6,8,15H,7H2,1-2H3,(H,12,13);1-6H. The second kappa shape index (κ2) is 9.88. The molecular weight excluding hydrogens is 282 g/mol. The van der Waals surface area contributed by atoms with E-state index in [1.807, 2.05) is 61.5 Å². The Morgan fingerprint density at radius 3 is 2.19 bits per heavy atom. The zero-order chi connectivity index (χ0) is 15.5. The lowest BCUT2D eigenvalue weighted by atomic mass is 10.2. The number of anilines is 1. The zero-order valence-corrected chi connectivity index (χ0v) is 13.2. The molecule has 112 valence electrons. The van der Waals surface area contributed by atoms with Crippen LogP contribution in [0.3, 0.4) is 0 Å². The Balaban J connectivity index is 0.000000304. The molecule has 0 bridgehead atoms. The first-order valence-corrected chi connectivity index (χ1v) is 7.36. The van der Waals surface area contributed by atoms with Gasteiger partial charge in [-0.25, -0.2) is 0 Å². The topological polar surface area (TPSA) is 38.3 Å². The van der Waals surface area contributed by atoms with Crippen molar-refractivity contribution in [2.75, 3.05) is 18.2 Å². The summed E-state index contributed by atoms with van der Waals surface area (Å²) in [7, 11) is 1.59. The van der Waals surface area contributed by atoms with E-state index in [1.165, 1.54) is 0 Å². The maximum absolute atomic E-state index is 11.5. The third-order valence-electron chi connectivity index (χ3n) is 2.73. The average Bonchev–Trinajstić information content (AvgIpc) is 2.56. The van der Waals surface area contributed by atoms with Crippen LogP contribution in [0.4, 0.5) is 5.69 Å². The Labute approximate surface area is 131 Å². The molecule has 1 atom stereocenters. The average molecular weight is 303 g/mol. The Bertz CT molecular complexity index is 505. The number of thiol groups is 1. The molecule has 1 N–H and O–H groups in total. The van der Waals surface area contributed by atoms with Gasteiger partial charge in [0.2, 0.25) is 5.91 Å². The number of amides is 1. The van der Waals surface area contributed by atoms with Gasteiger partial charge in [-0.3, -0.25) is 4.79 Å². The predicted molar refractivity (Wildman–Crippen MR) is 91.1 cm³/mol. The van der Waals surface area contributed by atoms with Crippen molar-refractivity contribution in [1.82, 2.24) is 0 Å². The van der Waals surface area contributed by atoms with E-state index in [0.717, 1.165) is 11.4 Å². The molecule has 3 nitrogen and oxygen atoms in total. The van der Waals surface area contributed by atoms with E-state index in [0.29, 0.717) is 5.75 Å². The quantitative estimate of drug-likeness (QED) is 0.841. The van der Waals surface area contributed by atoms with Gasteiger partial charge in [0.05, 0.1) is 7.11 Å². The fourth-order valence-corrected chi connectivity index (χ4v) is 1.60. The Morgan fingerprint density at radius 1 is 1.14 bits per heavy atom. The van der Waals surface area contributed by atoms with Crippen LogP contribution in [0.15, 0.2) is 60.7 Å². The lowest BCUT2D eigenvalue weighted by Crippen LogP contribution is -2.21. The molecule has 0 heterocycles. The smallest absolute Gasteiger partial charge is 0.228 e. The number of methoxy groups -OCH3 is 1. The van der Waals surface area contributed by atoms with Gasteiger partial charge in [-0.15, -0.1) is 0 Å². The minimum Gasteiger partial charge on any atom is -0.497 e. The summed E-state index contributed by atoms with van der Waals surface area (Å²) in [5.74, 6) is 1.14. The molecule has 0 aliphatic carbocycles. The summed E-state index contributed by atoms with van der Waals surface area (Å²) in [6.07, 6.45) is 0. The summed E-state index contributed by atoms with van der Waals surface area (Å²) in [6, 6.07) is 19.3. The number of hydrogen-bond acceptors (Lipinski definition) is 3. The molecule has 0 spiro atoms. The number of carbonyl (C=O) groups is 1. The lowest BCUT2D eigenvalue weighted by Gasteiger charge is -2.10. The molecule has 21 heavy (non-hydrogen) atoms. The first-order chi connectivity index (χ1) is 10.2. The van der Waals surface area contributed by atoms with E-state index in [9.17, 15) is 4.79 Å². The summed E-state index contributed by atoms with van der Waals surface area (Å²) >= 11 is 4.07. The summed E-state index contributed by atoms with van der Waals surface area (Å²) in [5, 5.41) is 2.80. The molecule has 1 unspecified atom stereocenters. The van der Waals surface area contributed by atoms with Crippen LogP contribution >= 0.6 is 12.6 Å². The zero-order valence-electron chi connectivity index (χ0n) is 12.3. The van der Waals surface area contributed by atoms with Crippen LogP contribution in [-0.4, -0.2) is 18.8 Å². The largest absolute Gasteiger partial charge is 0.497 e. The summed E-state index contributed by atoms with van der Waals surface area (Å²) in [4.78, 5) is 11.5. The molecule has 0 fully saturated rings. The van der Waals surface area contributed by atoms with Crippen molar-refractivity contribution in [3.63, 3.8) is 0 Å². The van der Waals surface area contributed by atoms with Gasteiger partial charge < -0.3 is 10.1 Å². The molecule has 0 saturated carbocycles. The molecule has 4 heteroatoms. The van der Waals surface area contributed by atoms with Gasteiger partial charge >= 0.3 is 0 Å². The Kier molecular flexibility index (Phi) is 8.05. The third-order valence-corrected chi connectivity index (χ3v) is 3.27. The third kappa shape index (κ3) is 6.86. The first kappa shape index (κ1) is 17.1. The number of nitrogens with one attached hydrogen (secondary N) is 1. The van der Waals surface area contributed by atoms with Crippen LogP contribution in [0.2, 0.25) is 0 Å². The van der Waals surface area contributed by atoms with Crippen LogP contribution in [-0.2, 0) is 4.79 Å². The summed E-state index contributed by atoms with van der Waals surface area (Å²) < 4.78 is 5.06. The summed E-state index contributed by atoms with van der Waals surface area (Å²) in [6.45, 7) is 1.84. The van der Waals surface area contributed by atoms with Crippen molar-refractivity contribution in [2.24, 2.45) is 5.92 Å². The molecule has 0 aliphatic heterocycles. The van der Waals surface area contributed by atoms with Gasteiger partial charge in [0.1, 0.15) is 5.75 Å². The first-order valence-electron chi connectivity index (χ1n) is 6.73. The second-order valence-electron chi connectivity index (χ2n) is 4.46. The number of carbonyl (C=O) groups excluding carboxylic acids is 1. The van der Waals surface area contributed by atoms with Gasteiger partial charge in [-0.2, -0.15) is 12.6 Å². The van der Waals surface area contributed by atoms with Crippen molar-refractivity contribution in [3.05, 3.63) is 60.7 Å². The van der Waals surface area contributed by atoms with Gasteiger partial charge in [0, 0.05) is 23.4 Å². The monoisotopic (exact) mass is 303 g/mol. The van der Waals surface area contributed by atoms with Crippen molar-refractivity contribution >= 4 is 24.2 Å². The molecule has 0 saturated heterocycles. The molecule has 2 aromatic rings. The normalized spacial score (nSPS) is 10.8. The van der Waals surface area contributed by atoms with E-state index in [1.54, 1.807) is 13.2 Å². The second-order valence-corrected chi connectivity index (χ2v) is 4.82. The van der Waals surface area contributed by atoms with E-state index in [4.69, 9.17) is 4.74 Å². The highest BCUT2D eigenvalue weighted by Crippen LogP contribution is 2.17. The van der Waals surface area contributed by atoms with Crippen molar-refractivity contribution in [2.45, 2.75) is 6.92 Å². The molecule has 0 aliphatic rings. The maximum Gasteiger partial charge on any atom is 0.228 e. The minimum atomic E-state index is -0.0977. The van der Waals surface area contributed by atoms with Crippen LogP contribution in [0, 0.1) is 5.92 Å². The minimum absolute atomic E-state index is 0.0294. The molecule has 0 radical (unpaired) electrons. The van der Waals surface area contributed by atoms with E-state index >= 15 is 0 Å². The van der Waals surface area contributed by atoms with Crippen molar-refractivity contribution in [1.29, 1.82) is 0 Å². The number of rotatable bonds is 4. The molecule has 0 aromatic heterocycles. The SMILES string of the molecule is COc1cccc(NC(=O)C(C)CS)c1.c1ccccc1. The lowest BCUT2D eigenvalue weighted by molar-refractivity contribution is -0.118. The number of hydrogen-bond donors (Lipinski definition) is 2. The number of ether oxygens (including phenoxy) is 1. The van der Waals surface area contributed by atoms with E-state index < -0.39 is 0 Å². The highest BCUT2D eigenvalue weighted by Gasteiger charge is 2.10. The fourth-order valence-electron chi connectivity index (χ4n) is 1.43. The van der Waals surface area contributed by atoms with Gasteiger partial charge in [-0.1, -0.05) is 49.4 Å². The molecule has 2 rings (SSSR count). The summed E-state index contributed by atoms with van der Waals surface area (Å²) in [5.41, 5.74) is 0.744. The molecule has 2 aromatic carbocycles. The Hall–Kier alpha value is -1.94. The van der Waals surface area contributed by atoms with Gasteiger partial charge in [0.25, 0.3) is 0 Å². The maximum atomic E-state index is 11.5. The number of benzene rings is 2. The van der Waals surface area contributed by atoms with Gasteiger partial charge in [0.15, 0.2) is 0 Å². The van der Waals surface area contributed by atoms with E-state index in [2.05, 4.69) is 17.9 Å². The van der Waals surface area contributed by atoms with Gasteiger partial charge in [-0.05, 0) is 12.1 Å². The van der Waals surface area contributed by atoms with Crippen LogP contribution in [0.1, 0.15) is 6.92 Å². The van der Waals surface area contributed by atoms with E-state index in [-0.39, 0.29) is 11.8 Å². The fraction of sp³-hybridized carbons (Fsp3) is 0.235. The Morgan fingerprint density at radius 2 is 1.71 bits per heavy atom. The van der Waals surface area contributed by atoms with Crippen LogP contribution < -0.4 is 10.1 Å². The van der Waals surface area contributed by atoms with Crippen molar-refractivity contribution in [3.8, 4) is 5.75 Å². The van der Waals surface area contributed by atoms with Crippen LogP contribution in [0.5, 0.6) is 5.75 Å². The highest BCUT2D eigenvalue weighted by atomic mass is 32.1. The van der Waals surface area contributed by atoms with Crippen molar-refractivity contribution < 1.29 is 9.53 Å². The molecule has 1 amide bonds. The predicted octanol–water partition coefficient (Wildman–Crippen LogP) is 3.89. The highest BCUT2D eigenvalue weighted by molar-refractivity contribution is 7.80. The van der Waals surface area contributed by atoms with Crippen LogP contribution in [0.25, 0.3) is 0 Å². The molecular formula is C17H21NO2S.